The molecule has 7 heteroatoms. The van der Waals surface area contributed by atoms with E-state index in [9.17, 15) is 4.39 Å². The van der Waals surface area contributed by atoms with Gasteiger partial charge in [0.05, 0.1) is 26.4 Å². The Morgan fingerprint density at radius 3 is 2.92 bits per heavy atom. The molecule has 25 heavy (non-hydrogen) atoms. The van der Waals surface area contributed by atoms with Crippen LogP contribution in [0.2, 0.25) is 0 Å². The fourth-order valence-electron chi connectivity index (χ4n) is 2.47. The van der Waals surface area contributed by atoms with Crippen LogP contribution in [-0.2, 0) is 11.3 Å². The van der Waals surface area contributed by atoms with Crippen molar-refractivity contribution in [3.63, 3.8) is 0 Å². The lowest BCUT2D eigenvalue weighted by Gasteiger charge is -2.16. The summed E-state index contributed by atoms with van der Waals surface area (Å²) in [6, 6.07) is 6.16. The molecule has 0 radical (unpaired) electrons. The van der Waals surface area contributed by atoms with Gasteiger partial charge < -0.3 is 20.1 Å². The third-order valence-electron chi connectivity index (χ3n) is 3.76. The van der Waals surface area contributed by atoms with Crippen molar-refractivity contribution in [1.29, 1.82) is 0 Å². The van der Waals surface area contributed by atoms with E-state index >= 15 is 0 Å². The summed E-state index contributed by atoms with van der Waals surface area (Å²) in [7, 11) is 0. The molecule has 142 valence electrons. The molecule has 0 amide bonds. The fourth-order valence-corrected chi connectivity index (χ4v) is 2.47. The van der Waals surface area contributed by atoms with Gasteiger partial charge in [-0.1, -0.05) is 12.1 Å². The first-order valence-corrected chi connectivity index (χ1v) is 8.65. The second kappa shape index (κ2) is 12.3. The summed E-state index contributed by atoms with van der Waals surface area (Å²) in [5.74, 6) is 1.57. The van der Waals surface area contributed by atoms with Gasteiger partial charge in [0, 0.05) is 25.1 Å². The van der Waals surface area contributed by atoms with E-state index < -0.39 is 0 Å². The number of aliphatic imine (C=N–C) groups is 1. The zero-order valence-corrected chi connectivity index (χ0v) is 17.3. The number of aryl methyl sites for hydroxylation is 1. The minimum atomic E-state index is -0.328. The molecule has 2 rings (SSSR count). The van der Waals surface area contributed by atoms with E-state index in [0.29, 0.717) is 32.1 Å². The third-order valence-corrected chi connectivity index (χ3v) is 3.76. The molecule has 0 saturated carbocycles. The highest BCUT2D eigenvalue weighted by Crippen LogP contribution is 2.24. The summed E-state index contributed by atoms with van der Waals surface area (Å²) in [5, 5.41) is 6.31. The predicted molar refractivity (Wildman–Crippen MR) is 110 cm³/mol. The van der Waals surface area contributed by atoms with Crippen LogP contribution in [0.3, 0.4) is 0 Å². The zero-order valence-electron chi connectivity index (χ0n) is 15.0. The molecule has 1 unspecified atom stereocenters. The Balaban J connectivity index is 0.00000312. The number of hydrogen-bond donors (Lipinski definition) is 2. The first-order valence-electron chi connectivity index (χ1n) is 8.65. The maximum Gasteiger partial charge on any atom is 0.191 e. The SMILES string of the molecule is CCNC(=NCc1ccc(C)cc1OC1CCOC1)NCCCF.I. The van der Waals surface area contributed by atoms with Crippen LogP contribution in [0.4, 0.5) is 4.39 Å². The van der Waals surface area contributed by atoms with Gasteiger partial charge in [-0.3, -0.25) is 4.39 Å². The molecular formula is C18H29FIN3O2. The van der Waals surface area contributed by atoms with Gasteiger partial charge in [0.1, 0.15) is 11.9 Å². The molecule has 0 aromatic heterocycles. The normalized spacial score (nSPS) is 17.1. The van der Waals surface area contributed by atoms with Crippen molar-refractivity contribution in [2.45, 2.75) is 39.3 Å². The lowest BCUT2D eigenvalue weighted by Crippen LogP contribution is -2.37. The molecule has 0 aliphatic carbocycles. The second-order valence-electron chi connectivity index (χ2n) is 5.88. The summed E-state index contributed by atoms with van der Waals surface area (Å²) in [5.41, 5.74) is 2.19. The molecule has 1 saturated heterocycles. The molecule has 5 nitrogen and oxygen atoms in total. The highest BCUT2D eigenvalue weighted by molar-refractivity contribution is 14.0. The molecular weight excluding hydrogens is 436 g/mol. The number of guanidine groups is 1. The Labute approximate surface area is 166 Å². The number of alkyl halides is 1. The molecule has 1 aliphatic rings. The number of nitrogens with zero attached hydrogens (tertiary/aromatic N) is 1. The topological polar surface area (TPSA) is 54.9 Å². The summed E-state index contributed by atoms with van der Waals surface area (Å²) in [4.78, 5) is 4.58. The second-order valence-corrected chi connectivity index (χ2v) is 5.88. The number of nitrogens with one attached hydrogen (secondary N) is 2. The first kappa shape index (κ1) is 22.0. The van der Waals surface area contributed by atoms with E-state index in [2.05, 4.69) is 27.8 Å². The lowest BCUT2D eigenvalue weighted by atomic mass is 10.1. The van der Waals surface area contributed by atoms with Crippen LogP contribution in [0.15, 0.2) is 23.2 Å². The van der Waals surface area contributed by atoms with E-state index in [4.69, 9.17) is 9.47 Å². The highest BCUT2D eigenvalue weighted by atomic mass is 127. The van der Waals surface area contributed by atoms with Gasteiger partial charge in [-0.25, -0.2) is 4.99 Å². The minimum Gasteiger partial charge on any atom is -0.488 e. The fraction of sp³-hybridized carbons (Fsp3) is 0.611. The van der Waals surface area contributed by atoms with Crippen LogP contribution in [-0.4, -0.2) is 45.0 Å². The quantitative estimate of drug-likeness (QED) is 0.268. The number of halogens is 2. The molecule has 1 aliphatic heterocycles. The van der Waals surface area contributed by atoms with Crippen molar-refractivity contribution < 1.29 is 13.9 Å². The van der Waals surface area contributed by atoms with Gasteiger partial charge in [0.2, 0.25) is 0 Å². The summed E-state index contributed by atoms with van der Waals surface area (Å²) < 4.78 is 23.7. The third kappa shape index (κ3) is 7.77. The van der Waals surface area contributed by atoms with E-state index in [-0.39, 0.29) is 36.8 Å². The van der Waals surface area contributed by atoms with Crippen molar-refractivity contribution in [2.24, 2.45) is 4.99 Å². The van der Waals surface area contributed by atoms with Crippen LogP contribution in [0.25, 0.3) is 0 Å². The average molecular weight is 465 g/mol. The molecule has 1 fully saturated rings. The molecule has 0 spiro atoms. The highest BCUT2D eigenvalue weighted by Gasteiger charge is 2.18. The van der Waals surface area contributed by atoms with Crippen LogP contribution >= 0.6 is 24.0 Å². The summed E-state index contributed by atoms with van der Waals surface area (Å²) >= 11 is 0. The van der Waals surface area contributed by atoms with Crippen molar-refractivity contribution in [1.82, 2.24) is 10.6 Å². The first-order chi connectivity index (χ1) is 11.7. The Morgan fingerprint density at radius 2 is 2.24 bits per heavy atom. The van der Waals surface area contributed by atoms with E-state index in [1.165, 1.54) is 0 Å². The molecule has 2 N–H and O–H groups in total. The Morgan fingerprint density at radius 1 is 1.40 bits per heavy atom. The largest absolute Gasteiger partial charge is 0.488 e. The summed E-state index contributed by atoms with van der Waals surface area (Å²) in [6.45, 7) is 6.97. The Kier molecular flexibility index (Phi) is 10.8. The minimum absolute atomic E-state index is 0. The molecule has 1 aromatic rings. The van der Waals surface area contributed by atoms with Crippen molar-refractivity contribution in [3.8, 4) is 5.75 Å². The maximum atomic E-state index is 12.2. The molecule has 1 atom stereocenters. The number of benzene rings is 1. The van der Waals surface area contributed by atoms with Gasteiger partial charge in [-0.2, -0.15) is 0 Å². The predicted octanol–water partition coefficient (Wildman–Crippen LogP) is 3.20. The number of rotatable bonds is 8. The number of ether oxygens (including phenoxy) is 2. The van der Waals surface area contributed by atoms with Gasteiger partial charge in [-0.15, -0.1) is 24.0 Å². The van der Waals surface area contributed by atoms with Gasteiger partial charge in [0.25, 0.3) is 0 Å². The van der Waals surface area contributed by atoms with Gasteiger partial charge in [-0.05, 0) is 31.9 Å². The van der Waals surface area contributed by atoms with Crippen LogP contribution in [0.5, 0.6) is 5.75 Å². The summed E-state index contributed by atoms with van der Waals surface area (Å²) in [6.07, 6.45) is 1.51. The zero-order chi connectivity index (χ0) is 17.2. The lowest BCUT2D eigenvalue weighted by molar-refractivity contribution is 0.140. The van der Waals surface area contributed by atoms with Crippen LogP contribution in [0.1, 0.15) is 30.9 Å². The van der Waals surface area contributed by atoms with Gasteiger partial charge in [0.15, 0.2) is 5.96 Å². The maximum absolute atomic E-state index is 12.2. The van der Waals surface area contributed by atoms with E-state index in [1.54, 1.807) is 0 Å². The standard InChI is InChI=1S/C18H28FN3O2.HI/c1-3-20-18(21-9-4-8-19)22-12-15-6-5-14(2)11-17(15)24-16-7-10-23-13-16;/h5-6,11,16H,3-4,7-10,12-13H2,1-2H3,(H2,20,21,22);1H. The van der Waals surface area contributed by atoms with E-state index in [1.807, 2.05) is 19.9 Å². The Bertz CT molecular complexity index is 537. The Hall–Kier alpha value is -1.09. The average Bonchev–Trinajstić information content (AvgIpc) is 3.07. The van der Waals surface area contributed by atoms with Gasteiger partial charge >= 0.3 is 0 Å². The van der Waals surface area contributed by atoms with Crippen molar-refractivity contribution in [3.05, 3.63) is 29.3 Å². The molecule has 1 aromatic carbocycles. The number of hydrogen-bond acceptors (Lipinski definition) is 3. The van der Waals surface area contributed by atoms with Crippen LogP contribution in [0, 0.1) is 6.92 Å². The van der Waals surface area contributed by atoms with Crippen LogP contribution < -0.4 is 15.4 Å². The molecule has 1 heterocycles. The monoisotopic (exact) mass is 465 g/mol. The molecule has 0 bridgehead atoms. The van der Waals surface area contributed by atoms with Crippen molar-refractivity contribution in [2.75, 3.05) is 33.0 Å². The van der Waals surface area contributed by atoms with E-state index in [0.717, 1.165) is 36.4 Å². The van der Waals surface area contributed by atoms with Crippen molar-refractivity contribution >= 4 is 29.9 Å². The smallest absolute Gasteiger partial charge is 0.191 e.